The lowest BCUT2D eigenvalue weighted by Gasteiger charge is -2.24. The molecule has 3 rings (SSSR count). The molecule has 0 saturated heterocycles. The van der Waals surface area contributed by atoms with Crippen molar-refractivity contribution in [3.8, 4) is 0 Å². The van der Waals surface area contributed by atoms with Crippen molar-refractivity contribution in [3.05, 3.63) is 36.0 Å². The van der Waals surface area contributed by atoms with Gasteiger partial charge in [-0.1, -0.05) is 18.2 Å². The maximum absolute atomic E-state index is 4.40. The monoisotopic (exact) mass is 297 g/mol. The van der Waals surface area contributed by atoms with E-state index in [-0.39, 0.29) is 4.17 Å². The summed E-state index contributed by atoms with van der Waals surface area (Å²) < 4.78 is 0.278. The first kappa shape index (κ1) is 8.28. The molecule has 0 saturated carbocycles. The predicted octanol–water partition coefficient (Wildman–Crippen LogP) is 2.28. The zero-order chi connectivity index (χ0) is 9.54. The van der Waals surface area contributed by atoms with Crippen LogP contribution in [0.4, 0.5) is 5.69 Å². The van der Waals surface area contributed by atoms with Gasteiger partial charge in [0.1, 0.15) is 0 Å². The number of hydrogen-bond donors (Lipinski definition) is 1. The van der Waals surface area contributed by atoms with Gasteiger partial charge in [-0.3, -0.25) is 0 Å². The van der Waals surface area contributed by atoms with E-state index < -0.39 is 0 Å². The number of aliphatic imine (C=N–C) groups is 1. The van der Waals surface area contributed by atoms with E-state index in [0.29, 0.717) is 0 Å². The third-order valence-electron chi connectivity index (χ3n) is 2.38. The average Bonchev–Trinajstić information content (AvgIpc) is 2.61. The highest BCUT2D eigenvalue weighted by Gasteiger charge is 2.26. The van der Waals surface area contributed by atoms with Gasteiger partial charge in [0.15, 0.2) is 4.17 Å². The first-order valence-electron chi connectivity index (χ1n) is 4.38. The van der Waals surface area contributed by atoms with Crippen molar-refractivity contribution in [2.24, 2.45) is 4.99 Å². The summed E-state index contributed by atoms with van der Waals surface area (Å²) in [6, 6.07) is 8.18. The van der Waals surface area contributed by atoms with Gasteiger partial charge < -0.3 is 10.2 Å². The van der Waals surface area contributed by atoms with Crippen LogP contribution in [0.15, 0.2) is 35.5 Å². The Morgan fingerprint density at radius 1 is 1.36 bits per heavy atom. The van der Waals surface area contributed by atoms with Crippen molar-refractivity contribution in [2.45, 2.75) is 4.17 Å². The van der Waals surface area contributed by atoms with Crippen molar-refractivity contribution in [1.82, 2.24) is 10.2 Å². The van der Waals surface area contributed by atoms with Crippen LogP contribution in [-0.2, 0) is 0 Å². The topological polar surface area (TPSA) is 27.6 Å². The van der Waals surface area contributed by atoms with Gasteiger partial charge >= 0.3 is 0 Å². The average molecular weight is 297 g/mol. The second kappa shape index (κ2) is 2.98. The number of nitrogens with zero attached hydrogens (tertiary/aromatic N) is 2. The normalized spacial score (nSPS) is 22.5. The third kappa shape index (κ3) is 1.06. The summed E-state index contributed by atoms with van der Waals surface area (Å²) in [6.07, 6.45) is 3.92. The van der Waals surface area contributed by atoms with Crippen LogP contribution in [0.3, 0.4) is 0 Å². The van der Waals surface area contributed by atoms with Crippen LogP contribution in [-0.4, -0.2) is 15.4 Å². The highest BCUT2D eigenvalue weighted by atomic mass is 127. The van der Waals surface area contributed by atoms with Crippen molar-refractivity contribution >= 4 is 40.3 Å². The predicted molar refractivity (Wildman–Crippen MR) is 65.4 cm³/mol. The molecule has 0 radical (unpaired) electrons. The molecule has 0 aliphatic carbocycles. The molecule has 0 bridgehead atoms. The van der Waals surface area contributed by atoms with Crippen LogP contribution >= 0.6 is 22.6 Å². The Kier molecular flexibility index (Phi) is 1.76. The Bertz CT molecular complexity index is 439. The third-order valence-corrected chi connectivity index (χ3v) is 3.34. The molecule has 1 N–H and O–H groups in total. The molecule has 1 atom stereocenters. The second-order valence-corrected chi connectivity index (χ2v) is 4.38. The zero-order valence-electron chi connectivity index (χ0n) is 7.31. The Hall–Kier alpha value is -1.04. The van der Waals surface area contributed by atoms with Crippen LogP contribution in [0.25, 0.3) is 5.70 Å². The standard InChI is InChI=1S/C10H8IN3/c11-10-12-5-9-7-3-1-2-4-8(7)13-6-14(9)10/h1-6,10,12H. The summed E-state index contributed by atoms with van der Waals surface area (Å²) in [7, 11) is 0. The zero-order valence-corrected chi connectivity index (χ0v) is 9.47. The van der Waals surface area contributed by atoms with E-state index in [1.807, 2.05) is 30.7 Å². The molecule has 0 amide bonds. The van der Waals surface area contributed by atoms with Crippen LogP contribution in [0, 0.1) is 0 Å². The largest absolute Gasteiger partial charge is 0.361 e. The summed E-state index contributed by atoms with van der Waals surface area (Å²) >= 11 is 2.34. The molecule has 0 spiro atoms. The lowest BCUT2D eigenvalue weighted by Crippen LogP contribution is -2.30. The van der Waals surface area contributed by atoms with Crippen LogP contribution in [0.2, 0.25) is 0 Å². The van der Waals surface area contributed by atoms with Gasteiger partial charge in [0.05, 0.1) is 17.7 Å². The summed E-state index contributed by atoms with van der Waals surface area (Å²) in [4.78, 5) is 6.53. The van der Waals surface area contributed by atoms with Crippen LogP contribution in [0.5, 0.6) is 0 Å². The minimum Gasteiger partial charge on any atom is -0.361 e. The molecule has 14 heavy (non-hydrogen) atoms. The number of halogens is 1. The molecule has 1 unspecified atom stereocenters. The van der Waals surface area contributed by atoms with Crippen LogP contribution in [0.1, 0.15) is 5.56 Å². The highest BCUT2D eigenvalue weighted by Crippen LogP contribution is 2.35. The first-order chi connectivity index (χ1) is 6.86. The Labute approximate surface area is 95.7 Å². The van der Waals surface area contributed by atoms with E-state index in [1.165, 1.54) is 11.3 Å². The molecule has 3 nitrogen and oxygen atoms in total. The van der Waals surface area contributed by atoms with Gasteiger partial charge in [-0.25, -0.2) is 4.99 Å². The molecular formula is C10H8IN3. The number of alkyl halides is 1. The number of rotatable bonds is 0. The number of benzene rings is 1. The molecular weight excluding hydrogens is 289 g/mol. The molecule has 2 aliphatic heterocycles. The minimum absolute atomic E-state index is 0.278. The maximum Gasteiger partial charge on any atom is 0.157 e. The summed E-state index contributed by atoms with van der Waals surface area (Å²) in [5, 5.41) is 3.26. The van der Waals surface area contributed by atoms with E-state index in [4.69, 9.17) is 0 Å². The smallest absolute Gasteiger partial charge is 0.157 e. The van der Waals surface area contributed by atoms with E-state index >= 15 is 0 Å². The molecule has 1 aromatic rings. The van der Waals surface area contributed by atoms with Gasteiger partial charge in [0, 0.05) is 11.8 Å². The fraction of sp³-hybridized carbons (Fsp3) is 0.100. The van der Waals surface area contributed by atoms with Gasteiger partial charge in [-0.2, -0.15) is 0 Å². The highest BCUT2D eigenvalue weighted by molar-refractivity contribution is 14.1. The van der Waals surface area contributed by atoms with Crippen molar-refractivity contribution in [1.29, 1.82) is 0 Å². The van der Waals surface area contributed by atoms with Crippen LogP contribution < -0.4 is 5.32 Å². The number of para-hydroxylation sites is 1. The number of hydrogen-bond acceptors (Lipinski definition) is 3. The quantitative estimate of drug-likeness (QED) is 0.452. The van der Waals surface area contributed by atoms with E-state index in [2.05, 4.69) is 43.9 Å². The Morgan fingerprint density at radius 3 is 3.14 bits per heavy atom. The Morgan fingerprint density at radius 2 is 2.21 bits per heavy atom. The number of nitrogens with one attached hydrogen (secondary N) is 1. The first-order valence-corrected chi connectivity index (χ1v) is 5.63. The summed E-state index contributed by atoms with van der Waals surface area (Å²) in [5.41, 5.74) is 3.44. The van der Waals surface area contributed by atoms with Gasteiger partial charge in [0.25, 0.3) is 0 Å². The second-order valence-electron chi connectivity index (χ2n) is 3.20. The van der Waals surface area contributed by atoms with Gasteiger partial charge in [-0.15, -0.1) is 0 Å². The van der Waals surface area contributed by atoms with Gasteiger partial charge in [0.2, 0.25) is 0 Å². The van der Waals surface area contributed by atoms with E-state index in [0.717, 1.165) is 5.69 Å². The molecule has 0 aromatic heterocycles. The Balaban J connectivity index is 2.17. The summed E-state index contributed by atoms with van der Waals surface area (Å²) in [5.74, 6) is 0. The fourth-order valence-electron chi connectivity index (χ4n) is 1.69. The maximum atomic E-state index is 4.40. The molecule has 0 fully saturated rings. The SMILES string of the molecule is IC1NC=C2c3ccccc3N=CN21. The molecule has 70 valence electrons. The van der Waals surface area contributed by atoms with E-state index in [1.54, 1.807) is 0 Å². The number of fused-ring (bicyclic) bond motifs is 3. The minimum atomic E-state index is 0.278. The molecule has 4 heteroatoms. The molecule has 1 aromatic carbocycles. The van der Waals surface area contributed by atoms with Crippen molar-refractivity contribution in [2.75, 3.05) is 0 Å². The van der Waals surface area contributed by atoms with Gasteiger partial charge in [-0.05, 0) is 28.7 Å². The lowest BCUT2D eigenvalue weighted by atomic mass is 10.1. The summed E-state index contributed by atoms with van der Waals surface area (Å²) in [6.45, 7) is 0. The molecule has 2 heterocycles. The van der Waals surface area contributed by atoms with Crippen molar-refractivity contribution in [3.63, 3.8) is 0 Å². The molecule has 2 aliphatic rings. The van der Waals surface area contributed by atoms with Crippen molar-refractivity contribution < 1.29 is 0 Å². The lowest BCUT2D eigenvalue weighted by molar-refractivity contribution is 0.576. The van der Waals surface area contributed by atoms with E-state index in [9.17, 15) is 0 Å². The fourth-order valence-corrected chi connectivity index (χ4v) is 2.31.